The number of carbonyl (C=O) groups is 1. The molecule has 1 fully saturated rings. The number of carbonyl (C=O) groups excluding carboxylic acids is 1. The molecule has 1 aliphatic rings. The SMILES string of the molecule is CCCC1CCC(C(=O)c2ccnn2C)CC1. The molecule has 0 unspecified atom stereocenters. The molecule has 0 amide bonds. The van der Waals surface area contributed by atoms with Crippen molar-refractivity contribution in [2.24, 2.45) is 18.9 Å². The van der Waals surface area contributed by atoms with Crippen molar-refractivity contribution in [1.82, 2.24) is 9.78 Å². The second-order valence-corrected chi connectivity index (χ2v) is 5.21. The Morgan fingerprint density at radius 3 is 2.65 bits per heavy atom. The van der Waals surface area contributed by atoms with E-state index in [1.54, 1.807) is 10.9 Å². The quantitative estimate of drug-likeness (QED) is 0.750. The van der Waals surface area contributed by atoms with Crippen LogP contribution in [-0.2, 0) is 7.05 Å². The molecule has 0 N–H and O–H groups in total. The first-order valence-corrected chi connectivity index (χ1v) is 6.74. The van der Waals surface area contributed by atoms with E-state index in [9.17, 15) is 4.79 Å². The van der Waals surface area contributed by atoms with Crippen LogP contribution in [0.15, 0.2) is 12.3 Å². The minimum atomic E-state index is 0.235. The van der Waals surface area contributed by atoms with Gasteiger partial charge in [0.2, 0.25) is 0 Å². The van der Waals surface area contributed by atoms with Crippen molar-refractivity contribution in [2.45, 2.75) is 45.4 Å². The van der Waals surface area contributed by atoms with E-state index in [0.29, 0.717) is 5.78 Å². The summed E-state index contributed by atoms with van der Waals surface area (Å²) in [4.78, 5) is 12.3. The molecule has 0 atom stereocenters. The Morgan fingerprint density at radius 1 is 1.41 bits per heavy atom. The molecule has 1 aromatic heterocycles. The molecule has 3 nitrogen and oxygen atoms in total. The highest BCUT2D eigenvalue weighted by molar-refractivity contribution is 5.96. The highest BCUT2D eigenvalue weighted by atomic mass is 16.1. The zero-order valence-electron chi connectivity index (χ0n) is 10.9. The fourth-order valence-corrected chi connectivity index (χ4v) is 2.95. The van der Waals surface area contributed by atoms with Gasteiger partial charge in [0.1, 0.15) is 5.69 Å². The van der Waals surface area contributed by atoms with Gasteiger partial charge in [0.05, 0.1) is 0 Å². The molecule has 0 radical (unpaired) electrons. The summed E-state index contributed by atoms with van der Waals surface area (Å²) in [6, 6.07) is 1.83. The number of aryl methyl sites for hydroxylation is 1. The maximum atomic E-state index is 12.3. The van der Waals surface area contributed by atoms with Crippen molar-refractivity contribution in [3.05, 3.63) is 18.0 Å². The standard InChI is InChI=1S/C14H22N2O/c1-3-4-11-5-7-12(8-6-11)14(17)13-9-10-15-16(13)2/h9-12H,3-8H2,1-2H3. The van der Waals surface area contributed by atoms with Crippen LogP contribution in [0, 0.1) is 11.8 Å². The van der Waals surface area contributed by atoms with Crippen LogP contribution in [0.2, 0.25) is 0 Å². The first-order valence-electron chi connectivity index (χ1n) is 6.74. The van der Waals surface area contributed by atoms with Gasteiger partial charge in [0.25, 0.3) is 0 Å². The summed E-state index contributed by atoms with van der Waals surface area (Å²) in [6.07, 6.45) is 8.88. The predicted octanol–water partition coefficient (Wildman–Crippen LogP) is 3.21. The highest BCUT2D eigenvalue weighted by Gasteiger charge is 2.27. The number of ketones is 1. The molecule has 1 saturated carbocycles. The summed E-state index contributed by atoms with van der Waals surface area (Å²) in [5.41, 5.74) is 0.768. The first kappa shape index (κ1) is 12.3. The van der Waals surface area contributed by atoms with Crippen molar-refractivity contribution in [2.75, 3.05) is 0 Å². The highest BCUT2D eigenvalue weighted by Crippen LogP contribution is 2.33. The van der Waals surface area contributed by atoms with Crippen LogP contribution in [0.3, 0.4) is 0 Å². The number of hydrogen-bond acceptors (Lipinski definition) is 2. The van der Waals surface area contributed by atoms with Crippen LogP contribution in [0.1, 0.15) is 55.9 Å². The molecule has 1 aliphatic carbocycles. The molecule has 0 saturated heterocycles. The number of nitrogens with zero attached hydrogens (tertiary/aromatic N) is 2. The largest absolute Gasteiger partial charge is 0.292 e. The molecule has 2 rings (SSSR count). The van der Waals surface area contributed by atoms with E-state index in [4.69, 9.17) is 0 Å². The van der Waals surface area contributed by atoms with E-state index < -0.39 is 0 Å². The molecule has 17 heavy (non-hydrogen) atoms. The fraction of sp³-hybridized carbons (Fsp3) is 0.714. The summed E-state index contributed by atoms with van der Waals surface area (Å²) in [5.74, 6) is 1.38. The monoisotopic (exact) mass is 234 g/mol. The van der Waals surface area contributed by atoms with Gasteiger partial charge in [-0.3, -0.25) is 9.48 Å². The lowest BCUT2D eigenvalue weighted by molar-refractivity contribution is 0.0860. The van der Waals surface area contributed by atoms with E-state index in [-0.39, 0.29) is 5.92 Å². The minimum absolute atomic E-state index is 0.235. The van der Waals surface area contributed by atoms with Crippen LogP contribution in [0.25, 0.3) is 0 Å². The average molecular weight is 234 g/mol. The Morgan fingerprint density at radius 2 is 2.12 bits per heavy atom. The van der Waals surface area contributed by atoms with Gasteiger partial charge in [-0.05, 0) is 37.7 Å². The zero-order valence-corrected chi connectivity index (χ0v) is 10.9. The van der Waals surface area contributed by atoms with Crippen molar-refractivity contribution in [1.29, 1.82) is 0 Å². The molecule has 3 heteroatoms. The molecule has 0 bridgehead atoms. The van der Waals surface area contributed by atoms with Gasteiger partial charge < -0.3 is 0 Å². The Labute approximate surface area is 103 Å². The van der Waals surface area contributed by atoms with Gasteiger partial charge >= 0.3 is 0 Å². The van der Waals surface area contributed by atoms with E-state index in [1.807, 2.05) is 13.1 Å². The van der Waals surface area contributed by atoms with E-state index in [2.05, 4.69) is 12.0 Å². The topological polar surface area (TPSA) is 34.9 Å². The van der Waals surface area contributed by atoms with Gasteiger partial charge in [-0.2, -0.15) is 5.10 Å². The summed E-state index contributed by atoms with van der Waals surface area (Å²) >= 11 is 0. The second-order valence-electron chi connectivity index (χ2n) is 5.21. The average Bonchev–Trinajstić information content (AvgIpc) is 2.76. The smallest absolute Gasteiger partial charge is 0.183 e. The van der Waals surface area contributed by atoms with Gasteiger partial charge in [-0.15, -0.1) is 0 Å². The molecule has 0 aromatic carbocycles. The van der Waals surface area contributed by atoms with Crippen molar-refractivity contribution < 1.29 is 4.79 Å². The number of Topliss-reactive ketones (excluding diaryl/α,β-unsaturated/α-hetero) is 1. The maximum Gasteiger partial charge on any atom is 0.183 e. The third-order valence-corrected chi connectivity index (χ3v) is 3.99. The molecule has 1 heterocycles. The van der Waals surface area contributed by atoms with Crippen LogP contribution in [0.4, 0.5) is 0 Å². The van der Waals surface area contributed by atoms with Gasteiger partial charge in [0, 0.05) is 19.2 Å². The van der Waals surface area contributed by atoms with Crippen molar-refractivity contribution in [3.63, 3.8) is 0 Å². The summed E-state index contributed by atoms with van der Waals surface area (Å²) in [7, 11) is 1.84. The lowest BCUT2D eigenvalue weighted by Gasteiger charge is -2.27. The molecule has 94 valence electrons. The fourth-order valence-electron chi connectivity index (χ4n) is 2.95. The summed E-state index contributed by atoms with van der Waals surface area (Å²) < 4.78 is 1.69. The minimum Gasteiger partial charge on any atom is -0.292 e. The van der Waals surface area contributed by atoms with Crippen LogP contribution >= 0.6 is 0 Å². The Bertz CT molecular complexity index is 375. The molecule has 0 spiro atoms. The van der Waals surface area contributed by atoms with Gasteiger partial charge in [0.15, 0.2) is 5.78 Å². The molecular weight excluding hydrogens is 212 g/mol. The second kappa shape index (κ2) is 5.48. The number of hydrogen-bond donors (Lipinski definition) is 0. The van der Waals surface area contributed by atoms with Crippen LogP contribution < -0.4 is 0 Å². The summed E-state index contributed by atoms with van der Waals surface area (Å²) in [6.45, 7) is 2.24. The van der Waals surface area contributed by atoms with Crippen LogP contribution in [-0.4, -0.2) is 15.6 Å². The number of aromatic nitrogens is 2. The lowest BCUT2D eigenvalue weighted by atomic mass is 9.78. The van der Waals surface area contributed by atoms with Gasteiger partial charge in [-0.1, -0.05) is 19.8 Å². The zero-order chi connectivity index (χ0) is 12.3. The molecular formula is C14H22N2O. The number of rotatable bonds is 4. The summed E-state index contributed by atoms with van der Waals surface area (Å²) in [5, 5.41) is 4.07. The van der Waals surface area contributed by atoms with E-state index in [0.717, 1.165) is 24.5 Å². The molecule has 0 aliphatic heterocycles. The van der Waals surface area contributed by atoms with Crippen molar-refractivity contribution >= 4 is 5.78 Å². The first-order chi connectivity index (χ1) is 8.22. The normalized spacial score (nSPS) is 24.8. The Balaban J connectivity index is 1.93. The van der Waals surface area contributed by atoms with E-state index in [1.165, 1.54) is 25.7 Å². The predicted molar refractivity (Wildman–Crippen MR) is 67.9 cm³/mol. The maximum absolute atomic E-state index is 12.3. The van der Waals surface area contributed by atoms with E-state index >= 15 is 0 Å². The third-order valence-electron chi connectivity index (χ3n) is 3.99. The lowest BCUT2D eigenvalue weighted by Crippen LogP contribution is -2.23. The molecule has 1 aromatic rings. The van der Waals surface area contributed by atoms with Gasteiger partial charge in [-0.25, -0.2) is 0 Å². The third kappa shape index (κ3) is 2.76. The Kier molecular flexibility index (Phi) is 3.97. The van der Waals surface area contributed by atoms with Crippen molar-refractivity contribution in [3.8, 4) is 0 Å². The van der Waals surface area contributed by atoms with Crippen LogP contribution in [0.5, 0.6) is 0 Å². The Hall–Kier alpha value is -1.12.